The van der Waals surface area contributed by atoms with Crippen LogP contribution in [0.25, 0.3) is 10.9 Å². The number of hydrogen-bond donors (Lipinski definition) is 2. The minimum absolute atomic E-state index is 0.128. The predicted octanol–water partition coefficient (Wildman–Crippen LogP) is 3.08. The molecule has 1 saturated heterocycles. The number of benzene rings is 1. The Hall–Kier alpha value is -2.66. The number of H-pyrrole nitrogens is 1. The Morgan fingerprint density at radius 1 is 1.21 bits per heavy atom. The monoisotopic (exact) mass is 320 g/mol. The number of hydrogen-bond acceptors (Lipinski definition) is 4. The third kappa shape index (κ3) is 3.16. The highest BCUT2D eigenvalue weighted by atomic mass is 16.6. The normalized spacial score (nSPS) is 18.7. The molecular weight excluding hydrogens is 300 g/mol. The summed E-state index contributed by atoms with van der Waals surface area (Å²) in [5, 5.41) is 8.97. The molecule has 2 N–H and O–H groups in total. The SMILES string of the molecule is c1ccc(/C(=N/OC2CCCNC2)c2cc3ccncc3[nH]2)cc1. The zero-order valence-electron chi connectivity index (χ0n) is 13.4. The van der Waals surface area contributed by atoms with E-state index in [4.69, 9.17) is 4.84 Å². The summed E-state index contributed by atoms with van der Waals surface area (Å²) in [6, 6.07) is 14.2. The molecule has 5 nitrogen and oxygen atoms in total. The highest BCUT2D eigenvalue weighted by Crippen LogP contribution is 2.18. The van der Waals surface area contributed by atoms with Gasteiger partial charge in [-0.3, -0.25) is 4.98 Å². The molecule has 0 saturated carbocycles. The molecule has 1 aliphatic heterocycles. The smallest absolute Gasteiger partial charge is 0.140 e. The first kappa shape index (κ1) is 14.9. The molecule has 4 rings (SSSR count). The molecule has 2 aromatic heterocycles. The van der Waals surface area contributed by atoms with E-state index in [1.807, 2.05) is 42.6 Å². The van der Waals surface area contributed by atoms with Gasteiger partial charge in [0, 0.05) is 23.7 Å². The molecule has 0 bridgehead atoms. The van der Waals surface area contributed by atoms with Crippen LogP contribution in [0.2, 0.25) is 0 Å². The molecule has 1 fully saturated rings. The summed E-state index contributed by atoms with van der Waals surface area (Å²) in [5.41, 5.74) is 3.78. The minimum atomic E-state index is 0.128. The zero-order chi connectivity index (χ0) is 16.2. The number of piperidine rings is 1. The van der Waals surface area contributed by atoms with Crippen LogP contribution in [0.15, 0.2) is 60.0 Å². The Bertz CT molecular complexity index is 802. The van der Waals surface area contributed by atoms with Gasteiger partial charge in [-0.25, -0.2) is 0 Å². The molecule has 3 aromatic rings. The summed E-state index contributed by atoms with van der Waals surface area (Å²) in [4.78, 5) is 13.4. The van der Waals surface area contributed by atoms with E-state index in [0.29, 0.717) is 0 Å². The Kier molecular flexibility index (Phi) is 4.25. The van der Waals surface area contributed by atoms with Crippen molar-refractivity contribution in [2.24, 2.45) is 5.16 Å². The van der Waals surface area contributed by atoms with Crippen LogP contribution in [0.3, 0.4) is 0 Å². The molecule has 0 aliphatic carbocycles. The van der Waals surface area contributed by atoms with E-state index in [1.54, 1.807) is 6.20 Å². The highest BCUT2D eigenvalue weighted by molar-refractivity contribution is 6.13. The lowest BCUT2D eigenvalue weighted by Crippen LogP contribution is -2.34. The number of nitrogens with one attached hydrogen (secondary N) is 2. The summed E-state index contributed by atoms with van der Waals surface area (Å²) in [5.74, 6) is 0. The van der Waals surface area contributed by atoms with Crippen LogP contribution >= 0.6 is 0 Å². The first-order valence-corrected chi connectivity index (χ1v) is 8.33. The average Bonchev–Trinajstić information content (AvgIpc) is 3.07. The second-order valence-corrected chi connectivity index (χ2v) is 6.03. The molecule has 5 heteroatoms. The van der Waals surface area contributed by atoms with Crippen molar-refractivity contribution < 1.29 is 4.84 Å². The third-order valence-electron chi connectivity index (χ3n) is 4.27. The van der Waals surface area contributed by atoms with Crippen molar-refractivity contribution in [2.45, 2.75) is 18.9 Å². The second kappa shape index (κ2) is 6.84. The lowest BCUT2D eigenvalue weighted by molar-refractivity contribution is 0.0421. The molecule has 0 amide bonds. The zero-order valence-corrected chi connectivity index (χ0v) is 13.4. The van der Waals surface area contributed by atoms with Crippen molar-refractivity contribution in [3.63, 3.8) is 0 Å². The van der Waals surface area contributed by atoms with Gasteiger partial charge in [-0.05, 0) is 31.5 Å². The maximum absolute atomic E-state index is 5.84. The van der Waals surface area contributed by atoms with Gasteiger partial charge in [-0.15, -0.1) is 0 Å². The number of aromatic nitrogens is 2. The number of fused-ring (bicyclic) bond motifs is 1. The Labute approximate surface area is 140 Å². The summed E-state index contributed by atoms with van der Waals surface area (Å²) in [6.45, 7) is 1.91. The molecule has 1 aromatic carbocycles. The fourth-order valence-electron chi connectivity index (χ4n) is 2.99. The standard InChI is InChI=1S/C19H20N4O/c1-2-5-14(6-3-1)19(23-24-16-7-4-9-20-12-16)17-11-15-8-10-21-13-18(15)22-17/h1-3,5-6,8,10-11,13,16,20,22H,4,7,9,12H2/b23-19-. The van der Waals surface area contributed by atoms with Crippen LogP contribution in [0.4, 0.5) is 0 Å². The van der Waals surface area contributed by atoms with Crippen LogP contribution in [0.5, 0.6) is 0 Å². The van der Waals surface area contributed by atoms with E-state index >= 15 is 0 Å². The van der Waals surface area contributed by atoms with Crippen LogP contribution in [-0.2, 0) is 4.84 Å². The van der Waals surface area contributed by atoms with E-state index < -0.39 is 0 Å². The number of oxime groups is 1. The number of pyridine rings is 1. The van der Waals surface area contributed by atoms with E-state index in [1.165, 1.54) is 0 Å². The number of aromatic amines is 1. The lowest BCUT2D eigenvalue weighted by atomic mass is 10.1. The average molecular weight is 320 g/mol. The first-order valence-electron chi connectivity index (χ1n) is 8.33. The second-order valence-electron chi connectivity index (χ2n) is 6.03. The van der Waals surface area contributed by atoms with Gasteiger partial charge in [0.15, 0.2) is 0 Å². The van der Waals surface area contributed by atoms with Gasteiger partial charge in [0.1, 0.15) is 11.8 Å². The molecule has 1 unspecified atom stereocenters. The van der Waals surface area contributed by atoms with Gasteiger partial charge in [-0.1, -0.05) is 35.5 Å². The van der Waals surface area contributed by atoms with Crippen molar-refractivity contribution >= 4 is 16.6 Å². The van der Waals surface area contributed by atoms with Crippen LogP contribution in [0, 0.1) is 0 Å². The van der Waals surface area contributed by atoms with Gasteiger partial charge < -0.3 is 15.1 Å². The molecule has 24 heavy (non-hydrogen) atoms. The van der Waals surface area contributed by atoms with Gasteiger partial charge >= 0.3 is 0 Å². The van der Waals surface area contributed by atoms with E-state index in [2.05, 4.69) is 26.5 Å². The topological polar surface area (TPSA) is 62.3 Å². The van der Waals surface area contributed by atoms with E-state index in [0.717, 1.165) is 53.8 Å². The quantitative estimate of drug-likeness (QED) is 0.573. The van der Waals surface area contributed by atoms with E-state index in [-0.39, 0.29) is 6.10 Å². The fraction of sp³-hybridized carbons (Fsp3) is 0.263. The van der Waals surface area contributed by atoms with Gasteiger partial charge in [0.2, 0.25) is 0 Å². The summed E-state index contributed by atoms with van der Waals surface area (Å²) in [6.07, 6.45) is 5.91. The minimum Gasteiger partial charge on any atom is -0.391 e. The molecular formula is C19H20N4O. The Balaban J connectivity index is 1.69. The Morgan fingerprint density at radius 3 is 2.92 bits per heavy atom. The van der Waals surface area contributed by atoms with Gasteiger partial charge in [0.25, 0.3) is 0 Å². The number of nitrogens with zero attached hydrogens (tertiary/aromatic N) is 2. The van der Waals surface area contributed by atoms with Crippen LogP contribution in [-0.4, -0.2) is 34.9 Å². The fourth-order valence-corrected chi connectivity index (χ4v) is 2.99. The molecule has 0 spiro atoms. The van der Waals surface area contributed by atoms with Crippen molar-refractivity contribution in [3.05, 3.63) is 66.1 Å². The van der Waals surface area contributed by atoms with Crippen molar-refractivity contribution in [1.29, 1.82) is 0 Å². The van der Waals surface area contributed by atoms with Gasteiger partial charge in [0.05, 0.1) is 17.4 Å². The number of rotatable bonds is 4. The summed E-state index contributed by atoms with van der Waals surface area (Å²) >= 11 is 0. The Morgan fingerprint density at radius 2 is 2.12 bits per heavy atom. The van der Waals surface area contributed by atoms with Crippen LogP contribution in [0.1, 0.15) is 24.1 Å². The van der Waals surface area contributed by atoms with Crippen LogP contribution < -0.4 is 5.32 Å². The molecule has 1 aliphatic rings. The van der Waals surface area contributed by atoms with Gasteiger partial charge in [-0.2, -0.15) is 0 Å². The highest BCUT2D eigenvalue weighted by Gasteiger charge is 2.16. The molecule has 1 atom stereocenters. The maximum atomic E-state index is 5.84. The van der Waals surface area contributed by atoms with E-state index in [9.17, 15) is 0 Å². The van der Waals surface area contributed by atoms with Crippen molar-refractivity contribution in [2.75, 3.05) is 13.1 Å². The first-order chi connectivity index (χ1) is 11.9. The largest absolute Gasteiger partial charge is 0.391 e. The summed E-state index contributed by atoms with van der Waals surface area (Å²) < 4.78 is 0. The molecule has 122 valence electrons. The maximum Gasteiger partial charge on any atom is 0.140 e. The van der Waals surface area contributed by atoms with Crippen molar-refractivity contribution in [1.82, 2.24) is 15.3 Å². The predicted molar refractivity (Wildman–Crippen MR) is 95.2 cm³/mol. The third-order valence-corrected chi connectivity index (χ3v) is 4.27. The van der Waals surface area contributed by atoms with Crippen molar-refractivity contribution in [3.8, 4) is 0 Å². The summed E-state index contributed by atoms with van der Waals surface area (Å²) in [7, 11) is 0. The molecule has 3 heterocycles. The molecule has 0 radical (unpaired) electrons. The lowest BCUT2D eigenvalue weighted by Gasteiger charge is -2.21.